The van der Waals surface area contributed by atoms with Crippen LogP contribution in [0.25, 0.3) is 0 Å². The summed E-state index contributed by atoms with van der Waals surface area (Å²) in [4.78, 5) is 0. The molecule has 0 saturated heterocycles. The molecule has 0 aromatic heterocycles. The van der Waals surface area contributed by atoms with E-state index in [1.165, 1.54) is 25.7 Å². The van der Waals surface area contributed by atoms with E-state index >= 15 is 0 Å². The zero-order valence-corrected chi connectivity index (χ0v) is 10.9. The van der Waals surface area contributed by atoms with Gasteiger partial charge in [0.15, 0.2) is 5.72 Å². The quantitative estimate of drug-likeness (QED) is 0.441. The molecule has 0 spiro atoms. The third-order valence-corrected chi connectivity index (χ3v) is 2.47. The van der Waals surface area contributed by atoms with E-state index in [1.54, 1.807) is 7.11 Å². The molecule has 0 fully saturated rings. The highest BCUT2D eigenvalue weighted by Gasteiger charge is 2.14. The molecule has 3 heteroatoms. The van der Waals surface area contributed by atoms with Crippen LogP contribution < -0.4 is 0 Å². The molecule has 0 bridgehead atoms. The third-order valence-electron chi connectivity index (χ3n) is 2.47. The van der Waals surface area contributed by atoms with Crippen molar-refractivity contribution in [2.24, 2.45) is 10.2 Å². The topological polar surface area (TPSA) is 34.0 Å². The van der Waals surface area contributed by atoms with E-state index in [2.05, 4.69) is 24.1 Å². The first-order chi connectivity index (χ1) is 7.02. The summed E-state index contributed by atoms with van der Waals surface area (Å²) in [5.74, 6) is 0. The van der Waals surface area contributed by atoms with Gasteiger partial charge in [0.25, 0.3) is 0 Å². The average Bonchev–Trinajstić information content (AvgIpc) is 2.22. The van der Waals surface area contributed by atoms with Crippen LogP contribution in [-0.4, -0.2) is 18.9 Å². The lowest BCUT2D eigenvalue weighted by Crippen LogP contribution is -2.18. The molecule has 0 N–H and O–H groups in total. The number of hydrogen-bond donors (Lipinski definition) is 0. The Labute approximate surface area is 94.3 Å². The van der Waals surface area contributed by atoms with E-state index in [4.69, 9.17) is 4.74 Å². The Morgan fingerprint density at radius 1 is 1.20 bits per heavy atom. The molecule has 15 heavy (non-hydrogen) atoms. The SMILES string of the molecule is CCCCCCC(C)N=NC(C)(C)OC. The minimum absolute atomic E-state index is 0.316. The Morgan fingerprint density at radius 3 is 2.40 bits per heavy atom. The van der Waals surface area contributed by atoms with Crippen LogP contribution in [0.4, 0.5) is 0 Å². The minimum atomic E-state index is -0.475. The summed E-state index contributed by atoms with van der Waals surface area (Å²) in [5, 5.41) is 8.44. The Bertz CT molecular complexity index is 178. The summed E-state index contributed by atoms with van der Waals surface area (Å²) in [5.41, 5.74) is -0.475. The highest BCUT2D eigenvalue weighted by atomic mass is 16.5. The van der Waals surface area contributed by atoms with Gasteiger partial charge in [-0.25, -0.2) is 0 Å². The molecule has 0 rings (SSSR count). The zero-order valence-electron chi connectivity index (χ0n) is 10.9. The smallest absolute Gasteiger partial charge is 0.172 e. The van der Waals surface area contributed by atoms with Crippen LogP contribution in [-0.2, 0) is 4.74 Å². The van der Waals surface area contributed by atoms with Crippen molar-refractivity contribution in [2.75, 3.05) is 7.11 Å². The van der Waals surface area contributed by atoms with Gasteiger partial charge in [-0.2, -0.15) is 10.2 Å². The van der Waals surface area contributed by atoms with Crippen molar-refractivity contribution in [3.63, 3.8) is 0 Å². The van der Waals surface area contributed by atoms with Gasteiger partial charge < -0.3 is 4.74 Å². The molecular weight excluding hydrogens is 188 g/mol. The van der Waals surface area contributed by atoms with E-state index < -0.39 is 5.72 Å². The number of ether oxygens (including phenoxy) is 1. The van der Waals surface area contributed by atoms with Crippen molar-refractivity contribution < 1.29 is 4.74 Å². The van der Waals surface area contributed by atoms with Crippen LogP contribution in [0.3, 0.4) is 0 Å². The van der Waals surface area contributed by atoms with Gasteiger partial charge in [0.05, 0.1) is 6.04 Å². The lowest BCUT2D eigenvalue weighted by molar-refractivity contribution is 0.0230. The van der Waals surface area contributed by atoms with Crippen molar-refractivity contribution in [1.29, 1.82) is 0 Å². The first kappa shape index (κ1) is 14.6. The molecule has 3 nitrogen and oxygen atoms in total. The maximum Gasteiger partial charge on any atom is 0.172 e. The molecule has 0 aromatic rings. The van der Waals surface area contributed by atoms with Gasteiger partial charge in [0, 0.05) is 7.11 Å². The fraction of sp³-hybridized carbons (Fsp3) is 1.00. The summed E-state index contributed by atoms with van der Waals surface area (Å²) in [6.07, 6.45) is 6.30. The average molecular weight is 214 g/mol. The number of nitrogens with zero attached hydrogens (tertiary/aromatic N) is 2. The Kier molecular flexibility index (Phi) is 7.57. The molecule has 0 aliphatic carbocycles. The number of rotatable bonds is 8. The maximum atomic E-state index is 5.17. The van der Waals surface area contributed by atoms with Gasteiger partial charge in [0.2, 0.25) is 0 Å². The summed E-state index contributed by atoms with van der Waals surface area (Å²) in [7, 11) is 1.66. The van der Waals surface area contributed by atoms with Crippen molar-refractivity contribution in [1.82, 2.24) is 0 Å². The molecule has 0 saturated carbocycles. The molecule has 0 radical (unpaired) electrons. The Morgan fingerprint density at radius 2 is 1.87 bits per heavy atom. The molecule has 0 amide bonds. The highest BCUT2D eigenvalue weighted by Crippen LogP contribution is 2.13. The molecular formula is C12H26N2O. The van der Waals surface area contributed by atoms with Crippen molar-refractivity contribution in [2.45, 2.75) is 71.6 Å². The third kappa shape index (κ3) is 8.55. The van der Waals surface area contributed by atoms with Crippen LogP contribution in [0.2, 0.25) is 0 Å². The first-order valence-corrected chi connectivity index (χ1v) is 5.99. The maximum absolute atomic E-state index is 5.17. The van der Waals surface area contributed by atoms with E-state index in [0.717, 1.165) is 6.42 Å². The predicted octanol–water partition coefficient (Wildman–Crippen LogP) is 4.18. The van der Waals surface area contributed by atoms with E-state index in [-0.39, 0.29) is 0 Å². The lowest BCUT2D eigenvalue weighted by Gasteiger charge is -2.16. The molecule has 1 atom stereocenters. The highest BCUT2D eigenvalue weighted by molar-refractivity contribution is 4.64. The van der Waals surface area contributed by atoms with Crippen LogP contribution >= 0.6 is 0 Å². The number of methoxy groups -OCH3 is 1. The van der Waals surface area contributed by atoms with E-state index in [0.29, 0.717) is 6.04 Å². The van der Waals surface area contributed by atoms with Crippen LogP contribution in [0.1, 0.15) is 59.8 Å². The second-order valence-electron chi connectivity index (χ2n) is 4.56. The van der Waals surface area contributed by atoms with Gasteiger partial charge in [0.1, 0.15) is 0 Å². The van der Waals surface area contributed by atoms with Crippen molar-refractivity contribution >= 4 is 0 Å². The molecule has 90 valence electrons. The van der Waals surface area contributed by atoms with E-state index in [1.807, 2.05) is 13.8 Å². The fourth-order valence-corrected chi connectivity index (χ4v) is 1.20. The molecule has 0 aromatic carbocycles. The predicted molar refractivity (Wildman–Crippen MR) is 64.2 cm³/mol. The van der Waals surface area contributed by atoms with E-state index in [9.17, 15) is 0 Å². The van der Waals surface area contributed by atoms with Crippen molar-refractivity contribution in [3.05, 3.63) is 0 Å². The molecule has 0 aliphatic heterocycles. The monoisotopic (exact) mass is 214 g/mol. The van der Waals surface area contributed by atoms with Crippen molar-refractivity contribution in [3.8, 4) is 0 Å². The van der Waals surface area contributed by atoms with Gasteiger partial charge >= 0.3 is 0 Å². The van der Waals surface area contributed by atoms with Crippen LogP contribution in [0, 0.1) is 0 Å². The minimum Gasteiger partial charge on any atom is -0.356 e. The largest absolute Gasteiger partial charge is 0.356 e. The summed E-state index contributed by atoms with van der Waals surface area (Å²) in [6.45, 7) is 8.17. The van der Waals surface area contributed by atoms with Gasteiger partial charge in [-0.15, -0.1) is 0 Å². The number of azo groups is 1. The molecule has 1 unspecified atom stereocenters. The van der Waals surface area contributed by atoms with Crippen LogP contribution in [0.15, 0.2) is 10.2 Å². The standard InChI is InChI=1S/C12H26N2O/c1-6-7-8-9-10-11(2)13-14-12(3,4)15-5/h11H,6-10H2,1-5H3. The second-order valence-corrected chi connectivity index (χ2v) is 4.56. The Balaban J connectivity index is 3.68. The fourth-order valence-electron chi connectivity index (χ4n) is 1.20. The van der Waals surface area contributed by atoms with Crippen LogP contribution in [0.5, 0.6) is 0 Å². The summed E-state index contributed by atoms with van der Waals surface area (Å²) >= 11 is 0. The first-order valence-electron chi connectivity index (χ1n) is 5.99. The lowest BCUT2D eigenvalue weighted by atomic mass is 10.1. The normalized spacial score (nSPS) is 14.7. The zero-order chi connectivity index (χ0) is 11.7. The summed E-state index contributed by atoms with van der Waals surface area (Å²) < 4.78 is 5.17. The number of hydrogen-bond acceptors (Lipinski definition) is 3. The second kappa shape index (κ2) is 7.80. The van der Waals surface area contributed by atoms with Gasteiger partial charge in [-0.3, -0.25) is 0 Å². The van der Waals surface area contributed by atoms with Gasteiger partial charge in [-0.05, 0) is 27.2 Å². The van der Waals surface area contributed by atoms with Gasteiger partial charge in [-0.1, -0.05) is 32.6 Å². The Hall–Kier alpha value is -0.440. The molecule has 0 aliphatic rings. The number of unbranched alkanes of at least 4 members (excludes halogenated alkanes) is 3. The molecule has 0 heterocycles. The summed E-state index contributed by atoms with van der Waals surface area (Å²) in [6, 6.07) is 0.316.